The number of fused-ring (bicyclic) bond motifs is 1. The molecule has 9 nitrogen and oxygen atoms in total. The lowest BCUT2D eigenvalue weighted by molar-refractivity contribution is -0.132. The first-order chi connectivity index (χ1) is 21.9. The van der Waals surface area contributed by atoms with Gasteiger partial charge in [-0.05, 0) is 67.8 Å². The molecule has 3 aromatic carbocycles. The van der Waals surface area contributed by atoms with Gasteiger partial charge in [-0.15, -0.1) is 0 Å². The summed E-state index contributed by atoms with van der Waals surface area (Å²) in [6.07, 6.45) is 3.85. The number of ether oxygens (including phenoxy) is 4. The van der Waals surface area contributed by atoms with Crippen LogP contribution in [-0.4, -0.2) is 48.7 Å². The summed E-state index contributed by atoms with van der Waals surface area (Å²) in [5.41, 5.74) is 1.52. The van der Waals surface area contributed by atoms with E-state index in [9.17, 15) is 14.7 Å². The lowest BCUT2D eigenvalue weighted by atomic mass is 9.95. The number of hydrogen-bond acceptors (Lipinski definition) is 9. The number of ketones is 1. The Labute approximate surface area is 267 Å². The zero-order valence-electron chi connectivity index (χ0n) is 26.0. The van der Waals surface area contributed by atoms with Crippen LogP contribution in [0.25, 0.3) is 16.0 Å². The van der Waals surface area contributed by atoms with Crippen molar-refractivity contribution in [3.63, 3.8) is 0 Å². The van der Waals surface area contributed by atoms with Gasteiger partial charge in [-0.2, -0.15) is 0 Å². The third kappa shape index (κ3) is 6.76. The second kappa shape index (κ2) is 14.5. The average molecular weight is 631 g/mol. The minimum atomic E-state index is -0.986. The van der Waals surface area contributed by atoms with E-state index in [2.05, 4.69) is 6.92 Å². The standard InChI is InChI=1S/C35H38N2O7S/c1-5-8-9-18-44-27-16-13-22(20-28(27)41-4)31-30(32(38)23-11-10-12-24(19-23)43-17-6-2)33(39)34(40)37(31)35-36-26-15-14-25(42-7-3)21-29(26)45-35/h10-16,19-21,31,38H,5-9,17-18H2,1-4H3/b32-30+. The summed E-state index contributed by atoms with van der Waals surface area (Å²) in [5.74, 6) is 0.334. The Morgan fingerprint density at radius 3 is 2.47 bits per heavy atom. The summed E-state index contributed by atoms with van der Waals surface area (Å²) < 4.78 is 23.9. The fourth-order valence-electron chi connectivity index (χ4n) is 5.21. The van der Waals surface area contributed by atoms with Crippen LogP contribution in [-0.2, 0) is 9.59 Å². The summed E-state index contributed by atoms with van der Waals surface area (Å²) in [6, 6.07) is 16.7. The summed E-state index contributed by atoms with van der Waals surface area (Å²) in [4.78, 5) is 33.7. The topological polar surface area (TPSA) is 107 Å². The Morgan fingerprint density at radius 1 is 0.889 bits per heavy atom. The molecule has 1 amide bonds. The number of anilines is 1. The predicted molar refractivity (Wildman–Crippen MR) is 176 cm³/mol. The van der Waals surface area contributed by atoms with Crippen molar-refractivity contribution in [2.75, 3.05) is 31.8 Å². The van der Waals surface area contributed by atoms with Crippen molar-refractivity contribution in [1.29, 1.82) is 0 Å². The zero-order chi connectivity index (χ0) is 31.9. The van der Waals surface area contributed by atoms with E-state index in [1.165, 1.54) is 16.2 Å². The summed E-state index contributed by atoms with van der Waals surface area (Å²) in [5, 5.41) is 12.0. The van der Waals surface area contributed by atoms with E-state index in [1.807, 2.05) is 32.0 Å². The number of aromatic nitrogens is 1. The molecule has 1 fully saturated rings. The van der Waals surface area contributed by atoms with Crippen molar-refractivity contribution in [2.45, 2.75) is 52.5 Å². The molecule has 1 unspecified atom stereocenters. The van der Waals surface area contributed by atoms with Gasteiger partial charge >= 0.3 is 5.91 Å². The molecule has 1 aliphatic rings. The number of carbonyl (C=O) groups excluding carboxylic acids is 2. The molecular formula is C35H38N2O7S. The lowest BCUT2D eigenvalue weighted by Gasteiger charge is -2.24. The fourth-order valence-corrected chi connectivity index (χ4v) is 6.23. The number of benzene rings is 3. The quantitative estimate of drug-likeness (QED) is 0.0654. The van der Waals surface area contributed by atoms with E-state index in [0.717, 1.165) is 30.4 Å². The molecular weight excluding hydrogens is 592 g/mol. The van der Waals surface area contributed by atoms with Gasteiger partial charge in [-0.3, -0.25) is 14.5 Å². The molecule has 0 aliphatic carbocycles. The molecule has 0 radical (unpaired) electrons. The van der Waals surface area contributed by atoms with Crippen molar-refractivity contribution in [3.8, 4) is 23.0 Å². The predicted octanol–water partition coefficient (Wildman–Crippen LogP) is 7.69. The van der Waals surface area contributed by atoms with Crippen LogP contribution in [0.5, 0.6) is 23.0 Å². The molecule has 0 bridgehead atoms. The highest BCUT2D eigenvalue weighted by molar-refractivity contribution is 7.22. The maximum atomic E-state index is 13.8. The minimum absolute atomic E-state index is 0.0550. The van der Waals surface area contributed by atoms with Crippen molar-refractivity contribution in [3.05, 3.63) is 77.4 Å². The van der Waals surface area contributed by atoms with E-state index in [0.29, 0.717) is 64.6 Å². The van der Waals surface area contributed by atoms with Gasteiger partial charge in [-0.1, -0.05) is 56.2 Å². The molecule has 1 saturated heterocycles. The number of amides is 1. The maximum Gasteiger partial charge on any atom is 0.301 e. The van der Waals surface area contributed by atoms with Gasteiger partial charge in [0.25, 0.3) is 5.78 Å². The summed E-state index contributed by atoms with van der Waals surface area (Å²) >= 11 is 1.27. The van der Waals surface area contributed by atoms with Crippen LogP contribution in [0.1, 0.15) is 63.6 Å². The first-order valence-electron chi connectivity index (χ1n) is 15.3. The number of rotatable bonds is 14. The number of methoxy groups -OCH3 is 1. The van der Waals surface area contributed by atoms with Crippen LogP contribution in [0.2, 0.25) is 0 Å². The van der Waals surface area contributed by atoms with Crippen LogP contribution >= 0.6 is 11.3 Å². The van der Waals surface area contributed by atoms with Gasteiger partial charge in [0.05, 0.1) is 48.8 Å². The third-order valence-corrected chi connectivity index (χ3v) is 8.42. The number of nitrogens with zero attached hydrogens (tertiary/aromatic N) is 2. The van der Waals surface area contributed by atoms with E-state index in [-0.39, 0.29) is 11.3 Å². The highest BCUT2D eigenvalue weighted by Gasteiger charge is 2.48. The van der Waals surface area contributed by atoms with Gasteiger partial charge in [-0.25, -0.2) is 4.98 Å². The molecule has 45 heavy (non-hydrogen) atoms. The van der Waals surface area contributed by atoms with E-state index >= 15 is 0 Å². The Morgan fingerprint density at radius 2 is 1.71 bits per heavy atom. The summed E-state index contributed by atoms with van der Waals surface area (Å²) in [6.45, 7) is 7.59. The fraction of sp³-hybridized carbons (Fsp3) is 0.343. The molecule has 0 spiro atoms. The number of hydrogen-bond donors (Lipinski definition) is 1. The van der Waals surface area contributed by atoms with E-state index in [4.69, 9.17) is 23.9 Å². The normalized spacial score (nSPS) is 15.9. The van der Waals surface area contributed by atoms with Gasteiger partial charge < -0.3 is 24.1 Å². The monoisotopic (exact) mass is 630 g/mol. The average Bonchev–Trinajstić information content (AvgIpc) is 3.59. The molecule has 2 heterocycles. The molecule has 1 N–H and O–H groups in total. The van der Waals surface area contributed by atoms with Gasteiger partial charge in [0.2, 0.25) is 0 Å². The summed E-state index contributed by atoms with van der Waals surface area (Å²) in [7, 11) is 1.54. The molecule has 1 atom stereocenters. The van der Waals surface area contributed by atoms with Crippen molar-refractivity contribution >= 4 is 44.1 Å². The Kier molecular flexibility index (Phi) is 10.2. The number of aliphatic hydroxyl groups excluding tert-OH is 1. The SMILES string of the molecule is CCCCCOc1ccc(C2/C(=C(\O)c3cccc(OCCC)c3)C(=O)C(=O)N2c2nc3ccc(OCC)cc3s2)cc1OC. The van der Waals surface area contributed by atoms with Crippen molar-refractivity contribution in [1.82, 2.24) is 4.98 Å². The number of thiazole rings is 1. The van der Waals surface area contributed by atoms with E-state index in [1.54, 1.807) is 49.6 Å². The number of unbranched alkanes of at least 4 members (excludes halogenated alkanes) is 2. The number of Topliss-reactive ketones (excluding diaryl/α,β-unsaturated/α-hetero) is 1. The molecule has 1 aromatic heterocycles. The molecule has 0 saturated carbocycles. The molecule has 4 aromatic rings. The molecule has 5 rings (SSSR count). The highest BCUT2D eigenvalue weighted by atomic mass is 32.1. The van der Waals surface area contributed by atoms with Gasteiger partial charge in [0, 0.05) is 5.56 Å². The number of carbonyl (C=O) groups is 2. The van der Waals surface area contributed by atoms with Crippen LogP contribution in [0.4, 0.5) is 5.13 Å². The van der Waals surface area contributed by atoms with Crippen molar-refractivity contribution in [2.24, 2.45) is 0 Å². The smallest absolute Gasteiger partial charge is 0.301 e. The van der Waals surface area contributed by atoms with Crippen LogP contribution in [0.15, 0.2) is 66.2 Å². The van der Waals surface area contributed by atoms with Crippen LogP contribution in [0, 0.1) is 0 Å². The lowest BCUT2D eigenvalue weighted by Crippen LogP contribution is -2.29. The first kappa shape index (κ1) is 31.8. The molecule has 1 aliphatic heterocycles. The molecule has 236 valence electrons. The van der Waals surface area contributed by atoms with Crippen LogP contribution in [0.3, 0.4) is 0 Å². The Hall–Kier alpha value is -4.57. The maximum absolute atomic E-state index is 13.8. The minimum Gasteiger partial charge on any atom is -0.507 e. The second-order valence-corrected chi connectivity index (χ2v) is 11.6. The highest BCUT2D eigenvalue weighted by Crippen LogP contribution is 2.46. The Balaban J connectivity index is 1.64. The Bertz CT molecular complexity index is 1710. The van der Waals surface area contributed by atoms with Crippen molar-refractivity contribution < 1.29 is 33.6 Å². The van der Waals surface area contributed by atoms with Gasteiger partial charge in [0.1, 0.15) is 17.3 Å². The van der Waals surface area contributed by atoms with Crippen LogP contribution < -0.4 is 23.8 Å². The zero-order valence-corrected chi connectivity index (χ0v) is 26.8. The number of aliphatic hydroxyl groups is 1. The van der Waals surface area contributed by atoms with E-state index < -0.39 is 17.7 Å². The largest absolute Gasteiger partial charge is 0.507 e. The third-order valence-electron chi connectivity index (χ3n) is 7.40. The van der Waals surface area contributed by atoms with Gasteiger partial charge in [0.15, 0.2) is 16.6 Å². The first-order valence-corrected chi connectivity index (χ1v) is 16.1. The second-order valence-electron chi connectivity index (χ2n) is 10.6. The molecule has 10 heteroatoms.